The van der Waals surface area contributed by atoms with E-state index in [4.69, 9.17) is 9.15 Å². The van der Waals surface area contributed by atoms with Gasteiger partial charge in [-0.1, -0.05) is 30.3 Å². The zero-order valence-corrected chi connectivity index (χ0v) is 16.3. The maximum absolute atomic E-state index is 12.6. The molecule has 0 saturated heterocycles. The van der Waals surface area contributed by atoms with E-state index in [9.17, 15) is 9.59 Å². The van der Waals surface area contributed by atoms with E-state index in [2.05, 4.69) is 5.32 Å². The number of amides is 1. The molecule has 0 aliphatic rings. The molecule has 0 fully saturated rings. The molecule has 146 valence electrons. The number of aryl methyl sites for hydroxylation is 1. The van der Waals surface area contributed by atoms with E-state index in [0.717, 1.165) is 22.7 Å². The fourth-order valence-electron chi connectivity index (χ4n) is 3.02. The number of nitrogens with zero attached hydrogens (tertiary/aromatic N) is 1. The van der Waals surface area contributed by atoms with Gasteiger partial charge in [0.25, 0.3) is 5.91 Å². The van der Waals surface area contributed by atoms with Crippen molar-refractivity contribution < 1.29 is 18.7 Å². The van der Waals surface area contributed by atoms with Crippen molar-refractivity contribution >= 4 is 11.9 Å². The maximum atomic E-state index is 12.6. The van der Waals surface area contributed by atoms with Crippen LogP contribution in [0.2, 0.25) is 0 Å². The maximum Gasteiger partial charge on any atom is 0.340 e. The summed E-state index contributed by atoms with van der Waals surface area (Å²) in [5.74, 6) is -0.0434. The van der Waals surface area contributed by atoms with Crippen LogP contribution in [0.25, 0.3) is 0 Å². The van der Waals surface area contributed by atoms with Crippen molar-refractivity contribution in [3.05, 3.63) is 83.1 Å². The Bertz CT molecular complexity index is 943. The number of hydrogen-bond donors (Lipinski definition) is 1. The highest BCUT2D eigenvalue weighted by Gasteiger charge is 2.22. The minimum atomic E-state index is -0.885. The predicted octanol–water partition coefficient (Wildman–Crippen LogP) is 3.61. The number of rotatable bonds is 7. The number of ether oxygens (including phenoxy) is 1. The lowest BCUT2D eigenvalue weighted by atomic mass is 10.2. The molecular formula is C22H24N2O4. The zero-order chi connectivity index (χ0) is 20.1. The normalized spacial score (nSPS) is 11.8. The summed E-state index contributed by atoms with van der Waals surface area (Å²) in [5.41, 5.74) is 3.13. The van der Waals surface area contributed by atoms with Gasteiger partial charge in [-0.3, -0.25) is 4.79 Å². The minimum Gasteiger partial charge on any atom is -0.467 e. The standard InChI is InChI=1S/C22H24N2O4/c1-15-12-20(16(2)24(15)14-19-10-7-11-27-19)22(26)28-17(3)21(25)23-13-18-8-5-4-6-9-18/h4-12,17H,13-14H2,1-3H3,(H,23,25). The Morgan fingerprint density at radius 2 is 1.89 bits per heavy atom. The van der Waals surface area contributed by atoms with Crippen LogP contribution in [0.15, 0.2) is 59.2 Å². The average Bonchev–Trinajstić information content (AvgIpc) is 3.30. The Labute approximate surface area is 164 Å². The second-order valence-electron chi connectivity index (χ2n) is 6.70. The molecule has 1 amide bonds. The van der Waals surface area contributed by atoms with Gasteiger partial charge in [-0.05, 0) is 44.5 Å². The molecule has 0 bridgehead atoms. The smallest absolute Gasteiger partial charge is 0.340 e. The molecule has 1 atom stereocenters. The summed E-state index contributed by atoms with van der Waals surface area (Å²) < 4.78 is 12.8. The van der Waals surface area contributed by atoms with E-state index in [1.165, 1.54) is 0 Å². The molecule has 0 radical (unpaired) electrons. The summed E-state index contributed by atoms with van der Waals surface area (Å²) in [7, 11) is 0. The predicted molar refractivity (Wildman–Crippen MR) is 105 cm³/mol. The number of furan rings is 1. The van der Waals surface area contributed by atoms with Crippen LogP contribution in [0.1, 0.15) is 40.0 Å². The van der Waals surface area contributed by atoms with Gasteiger partial charge in [0.1, 0.15) is 5.76 Å². The second-order valence-corrected chi connectivity index (χ2v) is 6.70. The summed E-state index contributed by atoms with van der Waals surface area (Å²) in [6.07, 6.45) is 0.735. The van der Waals surface area contributed by atoms with Gasteiger partial charge in [0, 0.05) is 17.9 Å². The lowest BCUT2D eigenvalue weighted by Crippen LogP contribution is -2.35. The Balaban J connectivity index is 1.61. The third kappa shape index (κ3) is 4.52. The molecule has 1 unspecified atom stereocenters. The highest BCUT2D eigenvalue weighted by Crippen LogP contribution is 2.19. The molecule has 0 saturated carbocycles. The Hall–Kier alpha value is -3.28. The van der Waals surface area contributed by atoms with Crippen LogP contribution in [0.3, 0.4) is 0 Å². The molecule has 2 aromatic heterocycles. The van der Waals surface area contributed by atoms with Crippen LogP contribution < -0.4 is 5.32 Å². The summed E-state index contributed by atoms with van der Waals surface area (Å²) in [4.78, 5) is 24.8. The third-order valence-electron chi connectivity index (χ3n) is 4.65. The monoisotopic (exact) mass is 380 g/mol. The SMILES string of the molecule is Cc1cc(C(=O)OC(C)C(=O)NCc2ccccc2)c(C)n1Cc1ccco1. The molecule has 1 N–H and O–H groups in total. The van der Waals surface area contributed by atoms with Crippen LogP contribution in [-0.4, -0.2) is 22.5 Å². The summed E-state index contributed by atoms with van der Waals surface area (Å²) in [6, 6.07) is 15.1. The number of benzene rings is 1. The molecule has 3 aromatic rings. The van der Waals surface area contributed by atoms with Crippen molar-refractivity contribution in [3.8, 4) is 0 Å². The fraction of sp³-hybridized carbons (Fsp3) is 0.273. The van der Waals surface area contributed by atoms with E-state index >= 15 is 0 Å². The molecule has 6 nitrogen and oxygen atoms in total. The lowest BCUT2D eigenvalue weighted by Gasteiger charge is -2.14. The van der Waals surface area contributed by atoms with Gasteiger partial charge in [-0.15, -0.1) is 0 Å². The summed E-state index contributed by atoms with van der Waals surface area (Å²) in [5, 5.41) is 2.78. The highest BCUT2D eigenvalue weighted by molar-refractivity contribution is 5.93. The van der Waals surface area contributed by atoms with E-state index < -0.39 is 12.1 Å². The molecule has 0 aliphatic carbocycles. The van der Waals surface area contributed by atoms with Gasteiger partial charge >= 0.3 is 5.97 Å². The number of hydrogen-bond acceptors (Lipinski definition) is 4. The number of carbonyl (C=O) groups excluding carboxylic acids is 2. The third-order valence-corrected chi connectivity index (χ3v) is 4.65. The minimum absolute atomic E-state index is 0.332. The van der Waals surface area contributed by atoms with E-state index in [1.54, 1.807) is 19.3 Å². The van der Waals surface area contributed by atoms with Gasteiger partial charge in [0.15, 0.2) is 6.10 Å². The zero-order valence-electron chi connectivity index (χ0n) is 16.3. The first-order valence-corrected chi connectivity index (χ1v) is 9.17. The van der Waals surface area contributed by atoms with Gasteiger partial charge in [-0.2, -0.15) is 0 Å². The molecule has 6 heteroatoms. The van der Waals surface area contributed by atoms with Crippen molar-refractivity contribution in [2.75, 3.05) is 0 Å². The van der Waals surface area contributed by atoms with Crippen LogP contribution in [0.5, 0.6) is 0 Å². The van der Waals surface area contributed by atoms with Crippen molar-refractivity contribution in [1.82, 2.24) is 9.88 Å². The number of aromatic nitrogens is 1. The molecule has 3 rings (SSSR count). The first kappa shape index (κ1) is 19.5. The largest absolute Gasteiger partial charge is 0.467 e. The van der Waals surface area contributed by atoms with E-state index in [-0.39, 0.29) is 5.91 Å². The molecular weight excluding hydrogens is 356 g/mol. The number of esters is 1. The van der Waals surface area contributed by atoms with Crippen LogP contribution >= 0.6 is 0 Å². The van der Waals surface area contributed by atoms with Crippen molar-refractivity contribution in [2.45, 2.75) is 40.0 Å². The molecule has 1 aromatic carbocycles. The Morgan fingerprint density at radius 3 is 2.57 bits per heavy atom. The van der Waals surface area contributed by atoms with Crippen LogP contribution in [0, 0.1) is 13.8 Å². The first-order chi connectivity index (χ1) is 13.5. The molecule has 0 aliphatic heterocycles. The number of carbonyl (C=O) groups is 2. The van der Waals surface area contributed by atoms with Crippen LogP contribution in [0.4, 0.5) is 0 Å². The fourth-order valence-corrected chi connectivity index (χ4v) is 3.02. The molecule has 0 spiro atoms. The topological polar surface area (TPSA) is 73.5 Å². The molecule has 28 heavy (non-hydrogen) atoms. The summed E-state index contributed by atoms with van der Waals surface area (Å²) in [6.45, 7) is 6.26. The Kier molecular flexibility index (Phi) is 5.99. The van der Waals surface area contributed by atoms with Crippen molar-refractivity contribution in [3.63, 3.8) is 0 Å². The van der Waals surface area contributed by atoms with Gasteiger partial charge < -0.3 is 19.0 Å². The second kappa shape index (κ2) is 8.61. The Morgan fingerprint density at radius 1 is 1.14 bits per heavy atom. The van der Waals surface area contributed by atoms with E-state index in [1.807, 2.05) is 60.9 Å². The van der Waals surface area contributed by atoms with Crippen LogP contribution in [-0.2, 0) is 22.6 Å². The first-order valence-electron chi connectivity index (χ1n) is 9.17. The quantitative estimate of drug-likeness (QED) is 0.636. The van der Waals surface area contributed by atoms with Gasteiger partial charge in [0.2, 0.25) is 0 Å². The molecule has 2 heterocycles. The lowest BCUT2D eigenvalue weighted by molar-refractivity contribution is -0.129. The van der Waals surface area contributed by atoms with E-state index in [0.29, 0.717) is 18.7 Å². The summed E-state index contributed by atoms with van der Waals surface area (Å²) >= 11 is 0. The van der Waals surface area contributed by atoms with Gasteiger partial charge in [0.05, 0.1) is 18.4 Å². The van der Waals surface area contributed by atoms with Crippen molar-refractivity contribution in [2.24, 2.45) is 0 Å². The average molecular weight is 380 g/mol. The highest BCUT2D eigenvalue weighted by atomic mass is 16.5. The van der Waals surface area contributed by atoms with Crippen molar-refractivity contribution in [1.29, 1.82) is 0 Å². The van der Waals surface area contributed by atoms with Gasteiger partial charge in [-0.25, -0.2) is 4.79 Å². The number of nitrogens with one attached hydrogen (secondary N) is 1.